The molecular weight excluding hydrogens is 132 g/mol. The van der Waals surface area contributed by atoms with E-state index < -0.39 is 6.03 Å². The maximum Gasteiger partial charge on any atom is 0.318 e. The minimum Gasteiger partial charge on any atom is -0.356 e. The number of carbonyl (C=O) groups excluding carboxylic acids is 1. The van der Waals surface area contributed by atoms with E-state index in [4.69, 9.17) is 5.73 Å². The molecule has 56 valence electrons. The van der Waals surface area contributed by atoms with Gasteiger partial charge in [-0.2, -0.15) is 0 Å². The van der Waals surface area contributed by atoms with Crippen LogP contribution in [-0.4, -0.2) is 25.1 Å². The summed E-state index contributed by atoms with van der Waals surface area (Å²) in [5.41, 5.74) is 4.85. The molecule has 1 aliphatic heterocycles. The molecule has 10 heavy (non-hydrogen) atoms. The third kappa shape index (κ3) is 1.93. The third-order valence-corrected chi connectivity index (χ3v) is 1.14. The lowest BCUT2D eigenvalue weighted by molar-refractivity contribution is 0.252. The van der Waals surface area contributed by atoms with Gasteiger partial charge in [-0.05, 0) is 6.42 Å². The van der Waals surface area contributed by atoms with E-state index in [1.807, 2.05) is 0 Å². The number of amides is 2. The number of nitrogens with zero attached hydrogens (tertiary/aromatic N) is 1. The molecule has 5 nitrogen and oxygen atoms in total. The molecule has 1 aliphatic rings. The van der Waals surface area contributed by atoms with Gasteiger partial charge < -0.3 is 11.1 Å². The van der Waals surface area contributed by atoms with Crippen LogP contribution in [0.1, 0.15) is 6.42 Å². The van der Waals surface area contributed by atoms with Gasteiger partial charge in [0.05, 0.1) is 0 Å². The highest BCUT2D eigenvalue weighted by Gasteiger charge is 2.03. The number of nitrogens with two attached hydrogens (primary N) is 1. The van der Waals surface area contributed by atoms with Gasteiger partial charge in [0.1, 0.15) is 0 Å². The van der Waals surface area contributed by atoms with Gasteiger partial charge >= 0.3 is 6.03 Å². The smallest absolute Gasteiger partial charge is 0.318 e. The molecule has 0 saturated heterocycles. The molecule has 4 N–H and O–H groups in total. The maximum atomic E-state index is 10.3. The number of urea groups is 1. The fourth-order valence-corrected chi connectivity index (χ4v) is 0.733. The molecule has 0 bridgehead atoms. The monoisotopic (exact) mass is 142 g/mol. The predicted molar refractivity (Wildman–Crippen MR) is 37.6 cm³/mol. The Labute approximate surface area is 58.7 Å². The topological polar surface area (TPSA) is 79.5 Å². The van der Waals surface area contributed by atoms with Crippen molar-refractivity contribution in [3.63, 3.8) is 0 Å². The largest absolute Gasteiger partial charge is 0.356 e. The van der Waals surface area contributed by atoms with E-state index in [1.54, 1.807) is 0 Å². The summed E-state index contributed by atoms with van der Waals surface area (Å²) in [6.45, 7) is 1.60. The molecule has 0 spiro atoms. The Kier molecular flexibility index (Phi) is 2.09. The van der Waals surface area contributed by atoms with Gasteiger partial charge in [-0.25, -0.2) is 4.79 Å². The van der Waals surface area contributed by atoms with Crippen molar-refractivity contribution in [2.24, 2.45) is 10.7 Å². The average molecular weight is 142 g/mol. The van der Waals surface area contributed by atoms with Crippen molar-refractivity contribution in [1.29, 1.82) is 0 Å². The quantitative estimate of drug-likeness (QED) is 0.405. The van der Waals surface area contributed by atoms with Crippen LogP contribution >= 0.6 is 0 Å². The first-order valence-electron chi connectivity index (χ1n) is 3.14. The minimum absolute atomic E-state index is 0.485. The lowest BCUT2D eigenvalue weighted by atomic mass is 10.4. The van der Waals surface area contributed by atoms with Gasteiger partial charge in [0.15, 0.2) is 5.96 Å². The van der Waals surface area contributed by atoms with Crippen LogP contribution in [0.15, 0.2) is 4.99 Å². The van der Waals surface area contributed by atoms with Gasteiger partial charge in [-0.1, -0.05) is 0 Å². The van der Waals surface area contributed by atoms with Gasteiger partial charge in [0.25, 0.3) is 0 Å². The second-order valence-corrected chi connectivity index (χ2v) is 2.00. The second kappa shape index (κ2) is 3.05. The molecule has 2 amide bonds. The van der Waals surface area contributed by atoms with Gasteiger partial charge in [0.2, 0.25) is 0 Å². The van der Waals surface area contributed by atoms with Crippen LogP contribution in [-0.2, 0) is 0 Å². The predicted octanol–water partition coefficient (Wildman–Crippen LogP) is -0.996. The number of primary amides is 1. The highest BCUT2D eigenvalue weighted by atomic mass is 16.2. The Morgan fingerprint density at radius 1 is 1.80 bits per heavy atom. The summed E-state index contributed by atoms with van der Waals surface area (Å²) in [5.74, 6) is 0.485. The lowest BCUT2D eigenvalue weighted by Gasteiger charge is -2.13. The van der Waals surface area contributed by atoms with Gasteiger partial charge in [-0.3, -0.25) is 10.3 Å². The molecule has 0 radical (unpaired) electrons. The summed E-state index contributed by atoms with van der Waals surface area (Å²) in [5, 5.41) is 5.25. The molecule has 1 rings (SSSR count). The highest BCUT2D eigenvalue weighted by Crippen LogP contribution is 1.85. The number of nitrogens with one attached hydrogen (secondary N) is 2. The number of hydrogen-bond acceptors (Lipinski definition) is 3. The summed E-state index contributed by atoms with van der Waals surface area (Å²) < 4.78 is 0. The number of aliphatic imine (C=N–C) groups is 1. The first kappa shape index (κ1) is 6.85. The van der Waals surface area contributed by atoms with Crippen LogP contribution in [0.25, 0.3) is 0 Å². The van der Waals surface area contributed by atoms with Crippen LogP contribution in [0.2, 0.25) is 0 Å². The van der Waals surface area contributed by atoms with Crippen molar-refractivity contribution in [3.05, 3.63) is 0 Å². The van der Waals surface area contributed by atoms with E-state index in [0.717, 1.165) is 19.5 Å². The van der Waals surface area contributed by atoms with Crippen molar-refractivity contribution in [3.8, 4) is 0 Å². The lowest BCUT2D eigenvalue weighted by Crippen LogP contribution is -2.45. The Morgan fingerprint density at radius 2 is 2.60 bits per heavy atom. The summed E-state index contributed by atoms with van der Waals surface area (Å²) in [6, 6.07) is -0.576. The van der Waals surface area contributed by atoms with E-state index in [1.165, 1.54) is 0 Å². The summed E-state index contributed by atoms with van der Waals surface area (Å²) in [6.07, 6.45) is 1.00. The SMILES string of the molecule is NC(=O)NC1=NCCCN1. The van der Waals surface area contributed by atoms with E-state index in [2.05, 4.69) is 15.6 Å². The molecule has 0 aromatic rings. The zero-order valence-electron chi connectivity index (χ0n) is 5.55. The molecule has 5 heteroatoms. The number of hydrogen-bond donors (Lipinski definition) is 3. The highest BCUT2D eigenvalue weighted by molar-refractivity contribution is 5.95. The zero-order valence-corrected chi connectivity index (χ0v) is 5.55. The summed E-state index contributed by atoms with van der Waals surface area (Å²) >= 11 is 0. The third-order valence-electron chi connectivity index (χ3n) is 1.14. The van der Waals surface area contributed by atoms with E-state index >= 15 is 0 Å². The van der Waals surface area contributed by atoms with E-state index in [-0.39, 0.29) is 0 Å². The molecule has 0 unspecified atom stereocenters. The van der Waals surface area contributed by atoms with Gasteiger partial charge in [-0.15, -0.1) is 0 Å². The summed E-state index contributed by atoms with van der Waals surface area (Å²) in [7, 11) is 0. The van der Waals surface area contributed by atoms with Crippen molar-refractivity contribution < 1.29 is 4.79 Å². The average Bonchev–Trinajstić information content (AvgIpc) is 1.88. The summed E-state index contributed by atoms with van der Waals surface area (Å²) in [4.78, 5) is 14.2. The van der Waals surface area contributed by atoms with Crippen molar-refractivity contribution in [2.75, 3.05) is 13.1 Å². The number of carbonyl (C=O) groups is 1. The standard InChI is InChI=1S/C5H10N4O/c6-4(10)9-5-7-2-1-3-8-5/h1-3H2,(H4,6,7,8,9,10). The van der Waals surface area contributed by atoms with Crippen LogP contribution < -0.4 is 16.4 Å². The van der Waals surface area contributed by atoms with E-state index in [9.17, 15) is 4.79 Å². The van der Waals surface area contributed by atoms with Crippen molar-refractivity contribution >= 4 is 12.0 Å². The fraction of sp³-hybridized carbons (Fsp3) is 0.600. The van der Waals surface area contributed by atoms with Crippen molar-refractivity contribution in [1.82, 2.24) is 10.6 Å². The zero-order chi connectivity index (χ0) is 7.40. The second-order valence-electron chi connectivity index (χ2n) is 2.00. The molecular formula is C5H10N4O. The molecule has 0 atom stereocenters. The molecule has 0 fully saturated rings. The molecule has 0 aromatic carbocycles. The number of rotatable bonds is 0. The van der Waals surface area contributed by atoms with E-state index in [0.29, 0.717) is 5.96 Å². The maximum absolute atomic E-state index is 10.3. The molecule has 0 aromatic heterocycles. The first-order chi connectivity index (χ1) is 4.79. The van der Waals surface area contributed by atoms with Crippen LogP contribution in [0.3, 0.4) is 0 Å². The number of guanidine groups is 1. The molecule has 0 saturated carbocycles. The Morgan fingerprint density at radius 3 is 3.10 bits per heavy atom. The Bertz CT molecular complexity index is 165. The van der Waals surface area contributed by atoms with Gasteiger partial charge in [0, 0.05) is 13.1 Å². The fourth-order valence-electron chi connectivity index (χ4n) is 0.733. The Balaban J connectivity index is 2.38. The first-order valence-corrected chi connectivity index (χ1v) is 3.14. The van der Waals surface area contributed by atoms with Crippen LogP contribution in [0.4, 0.5) is 4.79 Å². The normalized spacial score (nSPS) is 17.0. The minimum atomic E-state index is -0.576. The molecule has 1 heterocycles. The van der Waals surface area contributed by atoms with Crippen molar-refractivity contribution in [2.45, 2.75) is 6.42 Å². The molecule has 0 aliphatic carbocycles. The van der Waals surface area contributed by atoms with Crippen LogP contribution in [0.5, 0.6) is 0 Å². The Hall–Kier alpha value is -1.26. The van der Waals surface area contributed by atoms with Crippen LogP contribution in [0, 0.1) is 0 Å².